The summed E-state index contributed by atoms with van der Waals surface area (Å²) in [6.45, 7) is 2.05. The van der Waals surface area contributed by atoms with Gasteiger partial charge in [-0.15, -0.1) is 0 Å². The summed E-state index contributed by atoms with van der Waals surface area (Å²) in [5.41, 5.74) is -2.41. The fourth-order valence-corrected chi connectivity index (χ4v) is 5.47. The number of ketones is 1. The first kappa shape index (κ1) is 21.8. The molecule has 33 heavy (non-hydrogen) atoms. The van der Waals surface area contributed by atoms with E-state index in [9.17, 15) is 29.3 Å². The Hall–Kier alpha value is -3.07. The second-order valence-electron chi connectivity index (χ2n) is 8.73. The number of Topliss-reactive ketones (excluding diaryl/α,β-unsaturated/α-hetero) is 1. The van der Waals surface area contributed by atoms with Crippen LogP contribution in [-0.2, 0) is 25.9 Å². The number of unbranched alkanes of at least 4 members (excludes halogenated alkanes) is 3. The lowest BCUT2D eigenvalue weighted by molar-refractivity contribution is -0.312. The van der Waals surface area contributed by atoms with E-state index in [2.05, 4.69) is 0 Å². The molecule has 5 rings (SSSR count). The molecule has 2 heterocycles. The van der Waals surface area contributed by atoms with Crippen molar-refractivity contribution in [1.82, 2.24) is 4.90 Å². The Morgan fingerprint density at radius 3 is 2.27 bits per heavy atom. The number of halogens is 1. The highest BCUT2D eigenvalue weighted by Gasteiger charge is 2.84. The Labute approximate surface area is 189 Å². The summed E-state index contributed by atoms with van der Waals surface area (Å²) in [4.78, 5) is 27.6. The van der Waals surface area contributed by atoms with Gasteiger partial charge in [0, 0.05) is 23.2 Å². The molecule has 2 aromatic carbocycles. The number of carbonyl (C=O) groups is 2. The van der Waals surface area contributed by atoms with Crippen molar-refractivity contribution in [3.8, 4) is 0 Å². The van der Waals surface area contributed by atoms with Crippen LogP contribution in [0.4, 0.5) is 4.39 Å². The minimum Gasteiger partial charge on any atom is -0.454 e. The molecule has 2 atom stereocenters. The van der Waals surface area contributed by atoms with E-state index in [4.69, 9.17) is 4.74 Å². The number of carbonyl (C=O) groups excluding carboxylic acids is 2. The molecule has 8 heteroatoms. The number of aliphatic hydroxyl groups is 3. The quantitative estimate of drug-likeness (QED) is 0.352. The van der Waals surface area contributed by atoms with Gasteiger partial charge in [-0.25, -0.2) is 4.39 Å². The van der Waals surface area contributed by atoms with Gasteiger partial charge in [-0.1, -0.05) is 50.5 Å². The van der Waals surface area contributed by atoms with Crippen LogP contribution in [0.25, 0.3) is 5.76 Å². The lowest BCUT2D eigenvalue weighted by Gasteiger charge is -2.45. The third kappa shape index (κ3) is 2.54. The van der Waals surface area contributed by atoms with Crippen LogP contribution in [0.1, 0.15) is 49.3 Å². The van der Waals surface area contributed by atoms with Crippen molar-refractivity contribution in [1.29, 1.82) is 0 Å². The number of fused-ring (bicyclic) bond motifs is 2. The molecule has 0 radical (unpaired) electrons. The monoisotopic (exact) mass is 453 g/mol. The van der Waals surface area contributed by atoms with Gasteiger partial charge in [0.1, 0.15) is 11.6 Å². The molecular formula is C25H24FNO6. The zero-order valence-corrected chi connectivity index (χ0v) is 18.0. The molecule has 0 bridgehead atoms. The molecule has 1 saturated heterocycles. The van der Waals surface area contributed by atoms with Crippen molar-refractivity contribution >= 4 is 17.4 Å². The summed E-state index contributed by atoms with van der Waals surface area (Å²) in [6.07, 6.45) is 3.10. The number of benzene rings is 2. The number of hydrogen-bond acceptors (Lipinski definition) is 6. The van der Waals surface area contributed by atoms with E-state index in [1.807, 2.05) is 6.92 Å². The third-order valence-corrected chi connectivity index (χ3v) is 6.91. The maximum atomic E-state index is 13.6. The van der Waals surface area contributed by atoms with E-state index in [0.717, 1.165) is 36.3 Å². The van der Waals surface area contributed by atoms with E-state index in [1.165, 1.54) is 24.3 Å². The van der Waals surface area contributed by atoms with Crippen molar-refractivity contribution in [3.63, 3.8) is 0 Å². The maximum Gasteiger partial charge on any atom is 0.296 e. The average molecular weight is 453 g/mol. The molecule has 3 N–H and O–H groups in total. The van der Waals surface area contributed by atoms with Gasteiger partial charge in [-0.3, -0.25) is 9.59 Å². The molecule has 2 aliphatic heterocycles. The first-order valence-corrected chi connectivity index (χ1v) is 11.0. The van der Waals surface area contributed by atoms with Crippen LogP contribution in [0.2, 0.25) is 0 Å². The molecule has 1 spiro atoms. The molecule has 1 aliphatic carbocycles. The Bertz CT molecular complexity index is 1190. The summed E-state index contributed by atoms with van der Waals surface area (Å²) in [5.74, 6) is -7.87. The molecule has 0 saturated carbocycles. The first-order valence-electron chi connectivity index (χ1n) is 11.0. The number of rotatable bonds is 6. The Morgan fingerprint density at radius 2 is 1.61 bits per heavy atom. The van der Waals surface area contributed by atoms with Gasteiger partial charge in [0.15, 0.2) is 0 Å². The Morgan fingerprint density at radius 1 is 0.939 bits per heavy atom. The first-order chi connectivity index (χ1) is 15.7. The lowest BCUT2D eigenvalue weighted by Crippen LogP contribution is -2.66. The van der Waals surface area contributed by atoms with E-state index < -0.39 is 34.6 Å². The van der Waals surface area contributed by atoms with Gasteiger partial charge in [0.05, 0.1) is 5.57 Å². The van der Waals surface area contributed by atoms with Gasteiger partial charge < -0.3 is 25.0 Å². The fourth-order valence-electron chi connectivity index (χ4n) is 5.47. The molecule has 1 amide bonds. The largest absolute Gasteiger partial charge is 0.454 e. The topological polar surface area (TPSA) is 107 Å². The fraction of sp³-hybridized carbons (Fsp3) is 0.360. The third-order valence-electron chi connectivity index (χ3n) is 6.91. The van der Waals surface area contributed by atoms with Crippen molar-refractivity contribution in [3.05, 3.63) is 76.6 Å². The van der Waals surface area contributed by atoms with Crippen LogP contribution in [-0.4, -0.2) is 44.0 Å². The van der Waals surface area contributed by atoms with Crippen LogP contribution in [0.3, 0.4) is 0 Å². The highest BCUT2D eigenvalue weighted by atomic mass is 19.1. The SMILES string of the molecule is CCCCCCN1C(=O)C(=O)C2=C(c3ccc(F)cc3)O[C@]3(O)c4ccccc4C(O)(O)[C@]213. The van der Waals surface area contributed by atoms with Gasteiger partial charge in [0.25, 0.3) is 17.5 Å². The van der Waals surface area contributed by atoms with E-state index in [0.29, 0.717) is 6.42 Å². The number of ether oxygens (including phenoxy) is 1. The standard InChI is InChI=1S/C25H24FNO6/c1-2-3-4-7-14-27-22(29)20(28)19-21(15-10-12-16(26)13-11-15)33-25(32)18-9-6-5-8-17(18)24(30,31)23(19,25)27/h5-6,8-13,30-32H,2-4,7,14H2,1H3/t23-,25+/m0/s1. The molecule has 3 aliphatic rings. The van der Waals surface area contributed by atoms with E-state index in [1.54, 1.807) is 12.1 Å². The minimum atomic E-state index is -2.82. The Kier molecular flexibility index (Phi) is 4.76. The van der Waals surface area contributed by atoms with Crippen LogP contribution >= 0.6 is 0 Å². The summed E-state index contributed by atoms with van der Waals surface area (Å²) < 4.78 is 19.5. The number of likely N-dealkylation sites (tertiary alicyclic amines) is 1. The van der Waals surface area contributed by atoms with Crippen molar-refractivity contribution in [2.45, 2.75) is 49.7 Å². The molecule has 0 unspecified atom stereocenters. The molecular weight excluding hydrogens is 429 g/mol. The number of amides is 1. The molecule has 7 nitrogen and oxygen atoms in total. The molecule has 2 aromatic rings. The second kappa shape index (κ2) is 7.21. The predicted molar refractivity (Wildman–Crippen MR) is 114 cm³/mol. The Balaban J connectivity index is 1.77. The normalized spacial score (nSPS) is 27.0. The lowest BCUT2D eigenvalue weighted by atomic mass is 9.78. The van der Waals surface area contributed by atoms with Crippen molar-refractivity contribution in [2.75, 3.05) is 6.54 Å². The molecule has 1 fully saturated rings. The van der Waals surface area contributed by atoms with Gasteiger partial charge in [-0.05, 0) is 30.7 Å². The second-order valence-corrected chi connectivity index (χ2v) is 8.73. The zero-order valence-electron chi connectivity index (χ0n) is 18.0. The molecule has 0 aromatic heterocycles. The van der Waals surface area contributed by atoms with Crippen LogP contribution in [0.5, 0.6) is 0 Å². The highest BCUT2D eigenvalue weighted by molar-refractivity contribution is 6.48. The highest BCUT2D eigenvalue weighted by Crippen LogP contribution is 2.67. The van der Waals surface area contributed by atoms with Crippen molar-refractivity contribution in [2.24, 2.45) is 0 Å². The van der Waals surface area contributed by atoms with Crippen LogP contribution < -0.4 is 0 Å². The maximum absolute atomic E-state index is 13.6. The molecule has 172 valence electrons. The van der Waals surface area contributed by atoms with Gasteiger partial charge in [-0.2, -0.15) is 0 Å². The van der Waals surface area contributed by atoms with E-state index in [-0.39, 0.29) is 34.6 Å². The minimum absolute atomic E-state index is 0.0211. The number of nitrogens with zero attached hydrogens (tertiary/aromatic N) is 1. The van der Waals surface area contributed by atoms with Crippen molar-refractivity contribution < 1.29 is 34.0 Å². The van der Waals surface area contributed by atoms with Crippen LogP contribution in [0.15, 0.2) is 54.1 Å². The predicted octanol–water partition coefficient (Wildman–Crippen LogP) is 2.29. The van der Waals surface area contributed by atoms with Crippen LogP contribution in [0, 0.1) is 5.82 Å². The average Bonchev–Trinajstić information content (AvgIpc) is 3.27. The summed E-state index contributed by atoms with van der Waals surface area (Å²) in [5, 5.41) is 35.0. The zero-order chi connectivity index (χ0) is 23.6. The van der Waals surface area contributed by atoms with E-state index >= 15 is 0 Å². The smallest absolute Gasteiger partial charge is 0.296 e. The summed E-state index contributed by atoms with van der Waals surface area (Å²) in [6, 6.07) is 11.0. The van der Waals surface area contributed by atoms with Gasteiger partial charge in [0.2, 0.25) is 11.3 Å². The summed E-state index contributed by atoms with van der Waals surface area (Å²) in [7, 11) is 0. The summed E-state index contributed by atoms with van der Waals surface area (Å²) >= 11 is 0. The van der Waals surface area contributed by atoms with Gasteiger partial charge >= 0.3 is 0 Å². The number of hydrogen-bond donors (Lipinski definition) is 3.